The molecule has 28 heavy (non-hydrogen) atoms. The zero-order chi connectivity index (χ0) is 20.4. The number of fused-ring (bicyclic) bond motifs is 1. The Morgan fingerprint density at radius 1 is 0.929 bits per heavy atom. The lowest BCUT2D eigenvalue weighted by Crippen LogP contribution is -2.38. The minimum atomic E-state index is 0.236. The second-order valence-electron chi connectivity index (χ2n) is 7.96. The van der Waals surface area contributed by atoms with E-state index in [1.807, 2.05) is 22.0 Å². The minimum absolute atomic E-state index is 0.236. The summed E-state index contributed by atoms with van der Waals surface area (Å²) in [4.78, 5) is 37.2. The zero-order valence-electron chi connectivity index (χ0n) is 17.0. The van der Waals surface area contributed by atoms with Crippen LogP contribution in [0.4, 0.5) is 0 Å². The highest BCUT2D eigenvalue weighted by molar-refractivity contribution is 5.83. The summed E-state index contributed by atoms with van der Waals surface area (Å²) in [7, 11) is 0. The smallest absolute Gasteiger partial charge is 0.222 e. The molecule has 3 saturated heterocycles. The van der Waals surface area contributed by atoms with Gasteiger partial charge in [0.25, 0.3) is 0 Å². The molecule has 0 bridgehead atoms. The number of Topliss-reactive ketones (excluding diaryl/α,β-unsaturated/α-hetero) is 1. The molecular weight excluding hydrogens is 352 g/mol. The van der Waals surface area contributed by atoms with Crippen molar-refractivity contribution in [2.45, 2.75) is 75.8 Å². The molecule has 154 valence electrons. The molecule has 1 aliphatic carbocycles. The molecule has 1 saturated carbocycles. The molecule has 0 aromatic rings. The third kappa shape index (κ3) is 6.18. The summed E-state index contributed by atoms with van der Waals surface area (Å²) in [6.45, 7) is 8.80. The van der Waals surface area contributed by atoms with E-state index < -0.39 is 0 Å². The van der Waals surface area contributed by atoms with E-state index in [2.05, 4.69) is 13.2 Å². The summed E-state index contributed by atoms with van der Waals surface area (Å²) < 4.78 is 0. The van der Waals surface area contributed by atoms with Crippen molar-refractivity contribution in [1.82, 2.24) is 9.80 Å². The van der Waals surface area contributed by atoms with Crippen molar-refractivity contribution >= 4 is 18.1 Å². The van der Waals surface area contributed by atoms with Gasteiger partial charge in [-0.05, 0) is 44.9 Å². The van der Waals surface area contributed by atoms with E-state index in [1.165, 1.54) is 25.7 Å². The Morgan fingerprint density at radius 3 is 2.21 bits per heavy atom. The molecule has 4 rings (SSSR count). The van der Waals surface area contributed by atoms with E-state index in [0.29, 0.717) is 30.6 Å². The lowest BCUT2D eigenvalue weighted by molar-refractivity contribution is -0.134. The fourth-order valence-electron chi connectivity index (χ4n) is 4.28. The molecule has 5 nitrogen and oxygen atoms in total. The van der Waals surface area contributed by atoms with Crippen molar-refractivity contribution in [3.8, 4) is 0 Å². The zero-order valence-corrected chi connectivity index (χ0v) is 17.0. The predicted octanol–water partition coefficient (Wildman–Crippen LogP) is 3.81. The molecule has 3 aliphatic heterocycles. The van der Waals surface area contributed by atoms with Gasteiger partial charge in [-0.25, -0.2) is 0 Å². The Morgan fingerprint density at radius 2 is 1.64 bits per heavy atom. The first-order valence-electron chi connectivity index (χ1n) is 10.5. The maximum atomic E-state index is 11.6. The van der Waals surface area contributed by atoms with Crippen LogP contribution in [0.15, 0.2) is 37.5 Å². The summed E-state index contributed by atoms with van der Waals surface area (Å²) in [5, 5.41) is 0. The Balaban J connectivity index is 0.000000163. The molecule has 0 N–H and O–H groups in total. The van der Waals surface area contributed by atoms with Gasteiger partial charge in [0, 0.05) is 43.9 Å². The van der Waals surface area contributed by atoms with Crippen molar-refractivity contribution in [3.63, 3.8) is 0 Å². The predicted molar refractivity (Wildman–Crippen MR) is 112 cm³/mol. The molecule has 0 radical (unpaired) electrons. The second-order valence-corrected chi connectivity index (χ2v) is 7.96. The third-order valence-corrected chi connectivity index (χ3v) is 6.00. The number of amides is 2. The van der Waals surface area contributed by atoms with Crippen LogP contribution in [-0.4, -0.2) is 52.6 Å². The minimum Gasteiger partial charge on any atom is -0.340 e. The normalized spacial score (nSPS) is 25.1. The van der Waals surface area contributed by atoms with E-state index in [-0.39, 0.29) is 11.9 Å². The maximum Gasteiger partial charge on any atom is 0.222 e. The lowest BCUT2D eigenvalue weighted by Gasteiger charge is -2.26. The lowest BCUT2D eigenvalue weighted by atomic mass is 10.0. The third-order valence-electron chi connectivity index (χ3n) is 6.00. The molecule has 0 aromatic carbocycles. The largest absolute Gasteiger partial charge is 0.340 e. The van der Waals surface area contributed by atoms with Crippen LogP contribution in [0.3, 0.4) is 0 Å². The summed E-state index contributed by atoms with van der Waals surface area (Å²) in [6.07, 6.45) is 17.7. The molecule has 1 spiro atoms. The summed E-state index contributed by atoms with van der Waals surface area (Å²) in [5.41, 5.74) is 0.377. The first-order chi connectivity index (χ1) is 13.6. The molecule has 0 aromatic heterocycles. The van der Waals surface area contributed by atoms with Crippen molar-refractivity contribution in [1.29, 1.82) is 0 Å². The fourth-order valence-corrected chi connectivity index (χ4v) is 4.28. The van der Waals surface area contributed by atoms with E-state index in [0.717, 1.165) is 38.8 Å². The monoisotopic (exact) mass is 386 g/mol. The van der Waals surface area contributed by atoms with Crippen LogP contribution in [0.1, 0.15) is 64.2 Å². The number of allylic oxidation sites excluding steroid dienone is 4. The van der Waals surface area contributed by atoms with Crippen LogP contribution in [-0.2, 0) is 14.4 Å². The number of carbonyl (C=O) groups excluding carboxylic acids is 3. The van der Waals surface area contributed by atoms with E-state index in [9.17, 15) is 14.4 Å². The molecule has 5 heteroatoms. The van der Waals surface area contributed by atoms with Crippen LogP contribution in [0.5, 0.6) is 0 Å². The summed E-state index contributed by atoms with van der Waals surface area (Å²) in [5.74, 6) is 0.597. The average Bonchev–Trinajstić information content (AvgIpc) is 3.12. The topological polar surface area (TPSA) is 57.7 Å². The quantitative estimate of drug-likeness (QED) is 0.547. The van der Waals surface area contributed by atoms with Crippen LogP contribution in [0.2, 0.25) is 0 Å². The first-order valence-corrected chi connectivity index (χ1v) is 10.5. The van der Waals surface area contributed by atoms with Crippen LogP contribution >= 0.6 is 0 Å². The molecule has 1 atom stereocenters. The van der Waals surface area contributed by atoms with Crippen molar-refractivity contribution in [3.05, 3.63) is 37.5 Å². The van der Waals surface area contributed by atoms with Crippen molar-refractivity contribution in [2.24, 2.45) is 0 Å². The first kappa shape index (κ1) is 22.1. The van der Waals surface area contributed by atoms with Crippen LogP contribution < -0.4 is 0 Å². The Labute approximate surface area is 169 Å². The highest BCUT2D eigenvalue weighted by Crippen LogP contribution is 2.48. The highest BCUT2D eigenvalue weighted by atomic mass is 16.2. The molecular formula is C23H34N2O3. The number of nitrogens with zero attached hydrogens (tertiary/aromatic N) is 2. The summed E-state index contributed by atoms with van der Waals surface area (Å²) >= 11 is 0. The number of hydrogen-bond acceptors (Lipinski definition) is 3. The van der Waals surface area contributed by atoms with Crippen molar-refractivity contribution < 1.29 is 14.4 Å². The Kier molecular flexibility index (Phi) is 8.68. The number of likely N-dealkylation sites (tertiary alicyclic amines) is 1. The number of carbonyl (C=O) groups is 3. The van der Waals surface area contributed by atoms with E-state index in [1.54, 1.807) is 12.2 Å². The van der Waals surface area contributed by atoms with Gasteiger partial charge in [-0.2, -0.15) is 0 Å². The number of rotatable bonds is 3. The maximum absolute atomic E-state index is 11.6. The summed E-state index contributed by atoms with van der Waals surface area (Å²) in [6, 6.07) is 0.236. The number of ketones is 1. The molecule has 3 heterocycles. The average molecular weight is 387 g/mol. The van der Waals surface area contributed by atoms with Gasteiger partial charge in [0.15, 0.2) is 0 Å². The van der Waals surface area contributed by atoms with Crippen molar-refractivity contribution in [2.75, 3.05) is 13.1 Å². The van der Waals surface area contributed by atoms with Gasteiger partial charge in [-0.3, -0.25) is 14.4 Å². The fraction of sp³-hybridized carbons (Fsp3) is 0.609. The van der Waals surface area contributed by atoms with Gasteiger partial charge >= 0.3 is 0 Å². The van der Waals surface area contributed by atoms with Gasteiger partial charge in [0.1, 0.15) is 5.78 Å². The molecule has 4 fully saturated rings. The van der Waals surface area contributed by atoms with Gasteiger partial charge in [-0.15, -0.1) is 0 Å². The van der Waals surface area contributed by atoms with Gasteiger partial charge in [-0.1, -0.05) is 37.5 Å². The van der Waals surface area contributed by atoms with Crippen LogP contribution in [0, 0.1) is 0 Å². The van der Waals surface area contributed by atoms with E-state index >= 15 is 0 Å². The molecule has 4 aliphatic rings. The van der Waals surface area contributed by atoms with Gasteiger partial charge in [0.2, 0.25) is 12.3 Å². The number of hydrogen-bond donors (Lipinski definition) is 0. The molecule has 2 amide bonds. The Bertz CT molecular complexity index is 597. The Hall–Kier alpha value is -2.17. The molecule has 0 unspecified atom stereocenters. The van der Waals surface area contributed by atoms with Crippen LogP contribution in [0.25, 0.3) is 0 Å². The highest BCUT2D eigenvalue weighted by Gasteiger charge is 2.50. The van der Waals surface area contributed by atoms with Gasteiger partial charge < -0.3 is 9.80 Å². The SMILES string of the molecule is C=C/C=C\C=C.O=C1CCCC(=O)N2CCC[C@@H]2C1.O=CN1CCCC12CC2. The second kappa shape index (κ2) is 11.0. The van der Waals surface area contributed by atoms with Gasteiger partial charge in [0.05, 0.1) is 0 Å². The standard InChI is InChI=1S/C10H15NO2.C7H11NO.C6H8/c12-9-4-1-5-10(13)11-6-2-3-8(11)7-9;9-6-8-5-1-2-7(8)3-4-7;1-3-5-6-4-2/h8H,1-7H2;6H,1-5H2;3-6H,1-2H2/b;;6-5-/t8-;;/m1../s1. The van der Waals surface area contributed by atoms with E-state index in [4.69, 9.17) is 0 Å².